The van der Waals surface area contributed by atoms with E-state index < -0.39 is 0 Å². The molecular formula is C20H20Cl2N4S2. The minimum atomic E-state index is 0. The van der Waals surface area contributed by atoms with Gasteiger partial charge in [0.2, 0.25) is 5.28 Å². The topological polar surface area (TPSA) is 63.8 Å². The second kappa shape index (κ2) is 9.20. The molecule has 3 aromatic heterocycles. The van der Waals surface area contributed by atoms with Gasteiger partial charge in [-0.05, 0) is 42.0 Å². The summed E-state index contributed by atoms with van der Waals surface area (Å²) in [6.07, 6.45) is 0.785. The molecular weight excluding hydrogens is 431 g/mol. The first kappa shape index (κ1) is 21.0. The third-order valence-corrected chi connectivity index (χ3v) is 6.41. The van der Waals surface area contributed by atoms with Crippen LogP contribution in [0.1, 0.15) is 16.7 Å². The molecule has 28 heavy (non-hydrogen) atoms. The van der Waals surface area contributed by atoms with Crippen molar-refractivity contribution in [2.45, 2.75) is 25.9 Å². The van der Waals surface area contributed by atoms with E-state index in [1.165, 1.54) is 9.75 Å². The number of thiophene rings is 2. The van der Waals surface area contributed by atoms with Crippen LogP contribution in [0.5, 0.6) is 0 Å². The molecule has 4 aromatic rings. The summed E-state index contributed by atoms with van der Waals surface area (Å²) in [6, 6.07) is 14.5. The average Bonchev–Trinajstić information content (AvgIpc) is 3.27. The van der Waals surface area contributed by atoms with E-state index >= 15 is 0 Å². The summed E-state index contributed by atoms with van der Waals surface area (Å²) in [6.45, 7) is 2.73. The van der Waals surface area contributed by atoms with Crippen LogP contribution < -0.4 is 11.1 Å². The first-order chi connectivity index (χ1) is 13.1. The molecule has 0 bridgehead atoms. The number of nitrogens with zero attached hydrogens (tertiary/aromatic N) is 2. The van der Waals surface area contributed by atoms with Crippen LogP contribution in [-0.2, 0) is 13.0 Å². The Hall–Kier alpha value is -1.70. The molecule has 0 saturated carbocycles. The lowest BCUT2D eigenvalue weighted by molar-refractivity contribution is 0.747. The summed E-state index contributed by atoms with van der Waals surface area (Å²) in [7, 11) is 0. The van der Waals surface area contributed by atoms with Gasteiger partial charge in [0.05, 0.1) is 16.8 Å². The lowest BCUT2D eigenvalue weighted by Gasteiger charge is -2.07. The van der Waals surface area contributed by atoms with Gasteiger partial charge in [0, 0.05) is 21.4 Å². The molecule has 3 N–H and O–H groups in total. The number of aromatic nitrogens is 2. The van der Waals surface area contributed by atoms with Crippen molar-refractivity contribution in [2.24, 2.45) is 5.73 Å². The molecule has 8 heteroatoms. The number of hydrogen-bond donors (Lipinski definition) is 2. The highest BCUT2D eigenvalue weighted by Crippen LogP contribution is 2.41. The highest BCUT2D eigenvalue weighted by molar-refractivity contribution is 7.20. The zero-order chi connectivity index (χ0) is 18.8. The van der Waals surface area contributed by atoms with E-state index in [9.17, 15) is 0 Å². The molecule has 0 aliphatic carbocycles. The fourth-order valence-corrected chi connectivity index (χ4v) is 5.22. The number of nitrogens with one attached hydrogen (secondary N) is 1. The fraction of sp³-hybridized carbons (Fsp3) is 0.200. The second-order valence-corrected chi connectivity index (χ2v) is 8.88. The predicted molar refractivity (Wildman–Crippen MR) is 124 cm³/mol. The monoisotopic (exact) mass is 450 g/mol. The van der Waals surface area contributed by atoms with Crippen molar-refractivity contribution in [1.82, 2.24) is 9.97 Å². The zero-order valence-corrected chi connectivity index (χ0v) is 18.4. The largest absolute Gasteiger partial charge is 0.364 e. The van der Waals surface area contributed by atoms with Gasteiger partial charge in [-0.3, -0.25) is 0 Å². The summed E-state index contributed by atoms with van der Waals surface area (Å²) in [5.74, 6) is 0.775. The molecule has 0 amide bonds. The number of benzene rings is 1. The van der Waals surface area contributed by atoms with Crippen LogP contribution in [0, 0.1) is 0 Å². The molecule has 0 spiro atoms. The van der Waals surface area contributed by atoms with Gasteiger partial charge in [-0.15, -0.1) is 35.1 Å². The minimum absolute atomic E-state index is 0. The minimum Gasteiger partial charge on any atom is -0.364 e. The third kappa shape index (κ3) is 4.47. The van der Waals surface area contributed by atoms with Crippen LogP contribution >= 0.6 is 46.7 Å². The maximum absolute atomic E-state index is 6.28. The van der Waals surface area contributed by atoms with Gasteiger partial charge < -0.3 is 11.1 Å². The number of anilines is 1. The number of hydrogen-bond acceptors (Lipinski definition) is 6. The van der Waals surface area contributed by atoms with Crippen molar-refractivity contribution in [3.63, 3.8) is 0 Å². The average molecular weight is 451 g/mol. The summed E-state index contributed by atoms with van der Waals surface area (Å²) in [5, 5.41) is 5.75. The van der Waals surface area contributed by atoms with Crippen LogP contribution in [-0.4, -0.2) is 16.0 Å². The van der Waals surface area contributed by atoms with E-state index in [-0.39, 0.29) is 23.7 Å². The van der Waals surface area contributed by atoms with Gasteiger partial charge >= 0.3 is 0 Å². The van der Waals surface area contributed by atoms with Gasteiger partial charge in [0.1, 0.15) is 5.82 Å². The third-order valence-electron chi connectivity index (χ3n) is 4.16. The van der Waals surface area contributed by atoms with E-state index in [0.29, 0.717) is 6.54 Å². The fourth-order valence-electron chi connectivity index (χ4n) is 3.04. The Morgan fingerprint density at radius 3 is 2.61 bits per heavy atom. The SMILES string of the molecule is CC(N)Cc1sc2c(NCc3cccs3)nc(Cl)nc2c1-c1ccccc1.Cl. The first-order valence-electron chi connectivity index (χ1n) is 8.68. The van der Waals surface area contributed by atoms with E-state index in [4.69, 9.17) is 17.3 Å². The molecule has 1 unspecified atom stereocenters. The van der Waals surface area contributed by atoms with Crippen molar-refractivity contribution >= 4 is 62.7 Å². The highest BCUT2D eigenvalue weighted by atomic mass is 35.5. The Kier molecular flexibility index (Phi) is 6.91. The van der Waals surface area contributed by atoms with Gasteiger partial charge in [-0.2, -0.15) is 4.98 Å². The normalized spacial score (nSPS) is 12.0. The standard InChI is InChI=1S/C20H19ClN4S2.ClH/c1-12(22)10-15-16(13-6-3-2-4-7-13)17-18(27-15)19(25-20(21)24-17)23-11-14-8-5-9-26-14;/h2-9,12H,10-11,22H2,1H3,(H,23,24,25);1H. The Morgan fingerprint density at radius 1 is 1.14 bits per heavy atom. The molecule has 0 saturated heterocycles. The molecule has 0 aliphatic rings. The number of fused-ring (bicyclic) bond motifs is 1. The molecule has 4 rings (SSSR count). The van der Waals surface area contributed by atoms with E-state index in [1.54, 1.807) is 22.7 Å². The molecule has 0 fully saturated rings. The van der Waals surface area contributed by atoms with Crippen LogP contribution in [0.4, 0.5) is 5.82 Å². The summed E-state index contributed by atoms with van der Waals surface area (Å²) >= 11 is 9.69. The maximum Gasteiger partial charge on any atom is 0.224 e. The predicted octanol–water partition coefficient (Wildman–Crippen LogP) is 6.00. The number of nitrogens with two attached hydrogens (primary N) is 1. The Labute approximate surface area is 183 Å². The van der Waals surface area contributed by atoms with Gasteiger partial charge in [0.25, 0.3) is 0 Å². The number of halogens is 2. The summed E-state index contributed by atoms with van der Waals surface area (Å²) in [4.78, 5) is 11.5. The summed E-state index contributed by atoms with van der Waals surface area (Å²) in [5.41, 5.74) is 9.23. The Morgan fingerprint density at radius 2 is 1.93 bits per heavy atom. The van der Waals surface area contributed by atoms with Crippen molar-refractivity contribution in [1.29, 1.82) is 0 Å². The van der Waals surface area contributed by atoms with Crippen molar-refractivity contribution in [3.05, 3.63) is 62.9 Å². The zero-order valence-electron chi connectivity index (χ0n) is 15.2. The first-order valence-corrected chi connectivity index (χ1v) is 10.8. The quantitative estimate of drug-likeness (QED) is 0.353. The van der Waals surface area contributed by atoms with Crippen LogP contribution in [0.15, 0.2) is 47.8 Å². The van der Waals surface area contributed by atoms with Gasteiger partial charge in [0.15, 0.2) is 0 Å². The number of rotatable bonds is 6. The molecule has 0 radical (unpaired) electrons. The van der Waals surface area contributed by atoms with Gasteiger partial charge in [-0.25, -0.2) is 4.98 Å². The van der Waals surface area contributed by atoms with E-state index in [0.717, 1.165) is 33.6 Å². The molecule has 1 aromatic carbocycles. The Balaban J connectivity index is 0.00000225. The molecule has 4 nitrogen and oxygen atoms in total. The molecule has 0 aliphatic heterocycles. The molecule has 1 atom stereocenters. The Bertz CT molecular complexity index is 1050. The van der Waals surface area contributed by atoms with Crippen molar-refractivity contribution in [2.75, 3.05) is 5.32 Å². The smallest absolute Gasteiger partial charge is 0.224 e. The van der Waals surface area contributed by atoms with E-state index in [1.807, 2.05) is 31.2 Å². The second-order valence-electron chi connectivity index (χ2n) is 6.40. The van der Waals surface area contributed by atoms with Crippen LogP contribution in [0.2, 0.25) is 5.28 Å². The lowest BCUT2D eigenvalue weighted by atomic mass is 10.0. The maximum atomic E-state index is 6.28. The lowest BCUT2D eigenvalue weighted by Crippen LogP contribution is -2.17. The van der Waals surface area contributed by atoms with Crippen LogP contribution in [0.3, 0.4) is 0 Å². The molecule has 146 valence electrons. The molecule has 3 heterocycles. The van der Waals surface area contributed by atoms with Gasteiger partial charge in [-0.1, -0.05) is 36.4 Å². The van der Waals surface area contributed by atoms with Crippen molar-refractivity contribution in [3.8, 4) is 11.1 Å². The van der Waals surface area contributed by atoms with Crippen LogP contribution in [0.25, 0.3) is 21.3 Å². The van der Waals surface area contributed by atoms with E-state index in [2.05, 4.69) is 38.9 Å². The highest BCUT2D eigenvalue weighted by Gasteiger charge is 2.20. The van der Waals surface area contributed by atoms with Crippen molar-refractivity contribution < 1.29 is 0 Å². The summed E-state index contributed by atoms with van der Waals surface area (Å²) < 4.78 is 1.02.